The van der Waals surface area contributed by atoms with Crippen molar-refractivity contribution < 1.29 is 13.9 Å². The van der Waals surface area contributed by atoms with Crippen molar-refractivity contribution in [3.8, 4) is 5.75 Å². The van der Waals surface area contributed by atoms with Gasteiger partial charge in [0.1, 0.15) is 18.2 Å². The Kier molecular flexibility index (Phi) is 5.17. The second kappa shape index (κ2) is 6.89. The average Bonchev–Trinajstić information content (AvgIpc) is 2.47. The molecule has 1 N–H and O–H groups in total. The topological polar surface area (TPSA) is 41.6 Å². The Morgan fingerprint density at radius 1 is 1.52 bits per heavy atom. The van der Waals surface area contributed by atoms with Crippen LogP contribution in [0.25, 0.3) is 0 Å². The van der Waals surface area contributed by atoms with Crippen LogP contribution in [0.3, 0.4) is 0 Å². The first-order chi connectivity index (χ1) is 10.0. The summed E-state index contributed by atoms with van der Waals surface area (Å²) in [4.78, 5) is 14.2. The van der Waals surface area contributed by atoms with Gasteiger partial charge in [0.2, 0.25) is 5.91 Å². The van der Waals surface area contributed by atoms with Crippen LogP contribution < -0.4 is 10.1 Å². The van der Waals surface area contributed by atoms with E-state index < -0.39 is 0 Å². The second-order valence-corrected chi connectivity index (χ2v) is 5.87. The smallest absolute Gasteiger partial charge is 0.229 e. The third kappa shape index (κ3) is 4.17. The number of carbonyl (C=O) groups is 1. The predicted molar refractivity (Wildman–Crippen MR) is 79.7 cm³/mol. The minimum atomic E-state index is -0.328. The summed E-state index contributed by atoms with van der Waals surface area (Å²) >= 11 is 0. The van der Waals surface area contributed by atoms with Crippen molar-refractivity contribution in [2.75, 3.05) is 33.3 Å². The Hall–Kier alpha value is -1.62. The first-order valence-electron chi connectivity index (χ1n) is 7.36. The molecule has 1 heterocycles. The molecule has 1 unspecified atom stereocenters. The van der Waals surface area contributed by atoms with E-state index in [1.54, 1.807) is 24.1 Å². The van der Waals surface area contributed by atoms with Gasteiger partial charge in [0.15, 0.2) is 0 Å². The molecule has 1 aromatic carbocycles. The Labute approximate surface area is 125 Å². The van der Waals surface area contributed by atoms with E-state index in [2.05, 4.69) is 5.32 Å². The molecule has 1 fully saturated rings. The lowest BCUT2D eigenvalue weighted by Gasteiger charge is -2.36. The maximum Gasteiger partial charge on any atom is 0.229 e. The van der Waals surface area contributed by atoms with E-state index in [0.717, 1.165) is 25.9 Å². The fourth-order valence-electron chi connectivity index (χ4n) is 2.66. The summed E-state index contributed by atoms with van der Waals surface area (Å²) < 4.78 is 18.5. The van der Waals surface area contributed by atoms with Gasteiger partial charge < -0.3 is 15.0 Å². The van der Waals surface area contributed by atoms with E-state index in [4.69, 9.17) is 4.74 Å². The molecule has 1 saturated heterocycles. The molecule has 1 amide bonds. The third-order valence-corrected chi connectivity index (χ3v) is 3.95. The van der Waals surface area contributed by atoms with E-state index >= 15 is 0 Å². The minimum Gasteiger partial charge on any atom is -0.492 e. The normalized spacial score (nSPS) is 21.9. The highest BCUT2D eigenvalue weighted by molar-refractivity contribution is 5.82. The quantitative estimate of drug-likeness (QED) is 0.904. The van der Waals surface area contributed by atoms with Crippen LogP contribution in [-0.4, -0.2) is 44.1 Å². The summed E-state index contributed by atoms with van der Waals surface area (Å²) in [7, 11) is 1.79. The second-order valence-electron chi connectivity index (χ2n) is 5.87. The zero-order chi connectivity index (χ0) is 15.3. The maximum absolute atomic E-state index is 13.0. The van der Waals surface area contributed by atoms with Crippen molar-refractivity contribution in [2.45, 2.75) is 19.8 Å². The van der Waals surface area contributed by atoms with Gasteiger partial charge in [0, 0.05) is 19.7 Å². The molecule has 21 heavy (non-hydrogen) atoms. The number of rotatable bonds is 5. The lowest BCUT2D eigenvalue weighted by Crippen LogP contribution is -2.49. The summed E-state index contributed by atoms with van der Waals surface area (Å²) in [6, 6.07) is 6.03. The third-order valence-electron chi connectivity index (χ3n) is 3.95. The summed E-state index contributed by atoms with van der Waals surface area (Å²) in [5.74, 6) is 0.302. The molecule has 0 saturated carbocycles. The van der Waals surface area contributed by atoms with E-state index in [1.807, 2.05) is 6.92 Å². The van der Waals surface area contributed by atoms with Gasteiger partial charge >= 0.3 is 0 Å². The molecule has 0 aliphatic carbocycles. The number of ether oxygens (including phenoxy) is 1. The molecule has 0 spiro atoms. The summed E-state index contributed by atoms with van der Waals surface area (Å²) in [5.41, 5.74) is -0.328. The average molecular weight is 294 g/mol. The van der Waals surface area contributed by atoms with Crippen molar-refractivity contribution in [1.82, 2.24) is 10.2 Å². The Morgan fingerprint density at radius 2 is 2.33 bits per heavy atom. The molecule has 1 aliphatic rings. The number of nitrogens with zero attached hydrogens (tertiary/aromatic N) is 1. The summed E-state index contributed by atoms with van der Waals surface area (Å²) in [6.45, 7) is 4.56. The first-order valence-corrected chi connectivity index (χ1v) is 7.36. The van der Waals surface area contributed by atoms with Gasteiger partial charge in [-0.25, -0.2) is 4.39 Å². The molecule has 0 aromatic heterocycles. The van der Waals surface area contributed by atoms with Crippen LogP contribution in [0.4, 0.5) is 4.39 Å². The highest BCUT2D eigenvalue weighted by Crippen LogP contribution is 2.27. The number of piperidine rings is 1. The molecule has 4 nitrogen and oxygen atoms in total. The van der Waals surface area contributed by atoms with Crippen LogP contribution in [0.5, 0.6) is 5.75 Å². The van der Waals surface area contributed by atoms with Crippen molar-refractivity contribution in [3.63, 3.8) is 0 Å². The molecule has 0 radical (unpaired) electrons. The number of amides is 1. The van der Waals surface area contributed by atoms with Crippen molar-refractivity contribution in [3.05, 3.63) is 30.1 Å². The van der Waals surface area contributed by atoms with Gasteiger partial charge in [-0.2, -0.15) is 0 Å². The molecule has 1 atom stereocenters. The van der Waals surface area contributed by atoms with Crippen LogP contribution >= 0.6 is 0 Å². The Morgan fingerprint density at radius 3 is 3.00 bits per heavy atom. The molecule has 5 heteroatoms. The van der Waals surface area contributed by atoms with Crippen molar-refractivity contribution >= 4 is 5.91 Å². The van der Waals surface area contributed by atoms with Crippen LogP contribution in [0.15, 0.2) is 24.3 Å². The molecule has 116 valence electrons. The number of benzene rings is 1. The molecular formula is C16H23FN2O2. The fourth-order valence-corrected chi connectivity index (χ4v) is 2.66. The highest BCUT2D eigenvalue weighted by atomic mass is 19.1. The number of nitrogens with one attached hydrogen (secondary N) is 1. The zero-order valence-electron chi connectivity index (χ0n) is 12.7. The molecule has 0 bridgehead atoms. The molecular weight excluding hydrogens is 271 g/mol. The van der Waals surface area contributed by atoms with Crippen LogP contribution in [0.2, 0.25) is 0 Å². The van der Waals surface area contributed by atoms with Crippen LogP contribution in [0, 0.1) is 11.2 Å². The van der Waals surface area contributed by atoms with E-state index in [1.165, 1.54) is 12.1 Å². The van der Waals surface area contributed by atoms with Gasteiger partial charge in [-0.1, -0.05) is 6.07 Å². The predicted octanol–water partition coefficient (Wildman–Crippen LogP) is 2.05. The van der Waals surface area contributed by atoms with Gasteiger partial charge in [-0.3, -0.25) is 4.79 Å². The highest BCUT2D eigenvalue weighted by Gasteiger charge is 2.36. The molecule has 2 rings (SSSR count). The van der Waals surface area contributed by atoms with Crippen molar-refractivity contribution in [1.29, 1.82) is 0 Å². The van der Waals surface area contributed by atoms with Crippen molar-refractivity contribution in [2.24, 2.45) is 5.41 Å². The fraction of sp³-hybridized carbons (Fsp3) is 0.562. The number of likely N-dealkylation sites (N-methyl/N-ethyl adjacent to an activating group) is 1. The number of hydrogen-bond donors (Lipinski definition) is 1. The monoisotopic (exact) mass is 294 g/mol. The van der Waals surface area contributed by atoms with Crippen LogP contribution in [0.1, 0.15) is 19.8 Å². The largest absolute Gasteiger partial charge is 0.492 e. The summed E-state index contributed by atoms with van der Waals surface area (Å²) in [6.07, 6.45) is 1.93. The van der Waals surface area contributed by atoms with Gasteiger partial charge in [-0.05, 0) is 38.4 Å². The van der Waals surface area contributed by atoms with E-state index in [0.29, 0.717) is 18.9 Å². The number of halogens is 1. The lowest BCUT2D eigenvalue weighted by atomic mass is 9.81. The number of carbonyl (C=O) groups excluding carboxylic acids is 1. The van der Waals surface area contributed by atoms with E-state index in [-0.39, 0.29) is 17.1 Å². The number of hydrogen-bond acceptors (Lipinski definition) is 3. The van der Waals surface area contributed by atoms with E-state index in [9.17, 15) is 9.18 Å². The van der Waals surface area contributed by atoms with Gasteiger partial charge in [0.05, 0.1) is 12.0 Å². The maximum atomic E-state index is 13.0. The standard InChI is InChI=1S/C16H23FN2O2/c1-16(7-4-8-18-12-16)15(20)19(2)9-10-21-14-6-3-5-13(17)11-14/h3,5-6,11,18H,4,7-10,12H2,1-2H3. The SMILES string of the molecule is CN(CCOc1cccc(F)c1)C(=O)C1(C)CCCNC1. The first kappa shape index (κ1) is 15.8. The molecule has 1 aliphatic heterocycles. The van der Waals surface area contributed by atoms with Gasteiger partial charge in [0.25, 0.3) is 0 Å². The minimum absolute atomic E-state index is 0.137. The summed E-state index contributed by atoms with van der Waals surface area (Å²) in [5, 5.41) is 3.28. The zero-order valence-corrected chi connectivity index (χ0v) is 12.7. The van der Waals surface area contributed by atoms with Gasteiger partial charge in [-0.15, -0.1) is 0 Å². The lowest BCUT2D eigenvalue weighted by molar-refractivity contribution is -0.141. The Bertz CT molecular complexity index is 487. The molecule has 1 aromatic rings. The Balaban J connectivity index is 1.81. The van der Waals surface area contributed by atoms with Crippen LogP contribution in [-0.2, 0) is 4.79 Å².